The van der Waals surface area contributed by atoms with Gasteiger partial charge < -0.3 is 5.73 Å². The summed E-state index contributed by atoms with van der Waals surface area (Å²) in [5.41, 5.74) is 3.73. The lowest BCUT2D eigenvalue weighted by atomic mass is 10.1. The summed E-state index contributed by atoms with van der Waals surface area (Å²) in [5, 5.41) is -0.657. The Labute approximate surface area is 99.2 Å². The van der Waals surface area contributed by atoms with E-state index in [9.17, 15) is 17.6 Å². The summed E-state index contributed by atoms with van der Waals surface area (Å²) in [4.78, 5) is -0.239. The van der Waals surface area contributed by atoms with Crippen LogP contribution in [0.5, 0.6) is 0 Å². The van der Waals surface area contributed by atoms with Crippen molar-refractivity contribution < 1.29 is 17.6 Å². The maximum Gasteiger partial charge on any atom is 0.417 e. The van der Waals surface area contributed by atoms with E-state index in [0.29, 0.717) is 6.07 Å². The molecule has 0 saturated heterocycles. The average Bonchev–Trinajstić information content (AvgIpc) is 2.15. The van der Waals surface area contributed by atoms with Crippen LogP contribution in [0.4, 0.5) is 17.6 Å². The second kappa shape index (κ2) is 4.55. The van der Waals surface area contributed by atoms with E-state index < -0.39 is 23.4 Å². The molecule has 0 amide bonds. The topological polar surface area (TPSA) is 26.0 Å². The SMILES string of the molecule is NC(=S)c1cc(CF)c(Cl)c(C(F)(F)F)c1. The molecule has 1 aromatic carbocycles. The molecule has 1 nitrogen and oxygen atoms in total. The van der Waals surface area contributed by atoms with E-state index in [1.165, 1.54) is 0 Å². The molecule has 0 atom stereocenters. The normalized spacial score (nSPS) is 11.6. The van der Waals surface area contributed by atoms with Gasteiger partial charge in [-0.15, -0.1) is 0 Å². The van der Waals surface area contributed by atoms with E-state index in [-0.39, 0.29) is 16.1 Å². The molecule has 0 fully saturated rings. The van der Waals surface area contributed by atoms with E-state index >= 15 is 0 Å². The van der Waals surface area contributed by atoms with Crippen molar-refractivity contribution in [1.29, 1.82) is 0 Å². The van der Waals surface area contributed by atoms with Crippen LogP contribution in [0.3, 0.4) is 0 Å². The first kappa shape index (κ1) is 13.2. The smallest absolute Gasteiger partial charge is 0.389 e. The van der Waals surface area contributed by atoms with E-state index in [1.54, 1.807) is 0 Å². The van der Waals surface area contributed by atoms with Crippen LogP contribution in [0.2, 0.25) is 5.02 Å². The van der Waals surface area contributed by atoms with Crippen LogP contribution in [-0.4, -0.2) is 4.99 Å². The lowest BCUT2D eigenvalue weighted by Crippen LogP contribution is -2.14. The van der Waals surface area contributed by atoms with Gasteiger partial charge >= 0.3 is 6.18 Å². The maximum absolute atomic E-state index is 12.5. The third-order valence-corrected chi connectivity index (χ3v) is 2.56. The third kappa shape index (κ3) is 2.62. The van der Waals surface area contributed by atoms with Crippen LogP contribution in [-0.2, 0) is 12.9 Å². The van der Waals surface area contributed by atoms with Crippen LogP contribution in [0, 0.1) is 0 Å². The molecule has 0 aliphatic carbocycles. The van der Waals surface area contributed by atoms with Gasteiger partial charge in [0.05, 0.1) is 10.6 Å². The highest BCUT2D eigenvalue weighted by Gasteiger charge is 2.34. The predicted molar refractivity (Wildman–Crippen MR) is 57.2 cm³/mol. The molecule has 0 unspecified atom stereocenters. The molecule has 0 saturated carbocycles. The van der Waals surface area contributed by atoms with Gasteiger partial charge in [0.25, 0.3) is 0 Å². The molecule has 0 aliphatic heterocycles. The fourth-order valence-electron chi connectivity index (χ4n) is 1.13. The summed E-state index contributed by atoms with van der Waals surface area (Å²) in [6, 6.07) is 1.82. The molecule has 0 aromatic heterocycles. The van der Waals surface area contributed by atoms with Gasteiger partial charge in [0.2, 0.25) is 0 Å². The van der Waals surface area contributed by atoms with E-state index in [2.05, 4.69) is 12.2 Å². The summed E-state index contributed by atoms with van der Waals surface area (Å²) < 4.78 is 50.0. The van der Waals surface area contributed by atoms with E-state index in [4.69, 9.17) is 17.3 Å². The van der Waals surface area contributed by atoms with Gasteiger partial charge in [-0.05, 0) is 12.1 Å². The fourth-order valence-corrected chi connectivity index (χ4v) is 1.51. The summed E-state index contributed by atoms with van der Waals surface area (Å²) in [5.74, 6) is 0. The molecule has 0 aliphatic rings. The second-order valence-corrected chi connectivity index (χ2v) is 3.81. The van der Waals surface area contributed by atoms with Gasteiger partial charge in [-0.2, -0.15) is 13.2 Å². The summed E-state index contributed by atoms with van der Waals surface area (Å²) in [7, 11) is 0. The molecule has 0 spiro atoms. The molecule has 0 bridgehead atoms. The Bertz CT molecular complexity index is 430. The number of hydrogen-bond acceptors (Lipinski definition) is 1. The zero-order valence-electron chi connectivity index (χ0n) is 7.74. The van der Waals surface area contributed by atoms with Crippen LogP contribution in [0.25, 0.3) is 0 Å². The number of rotatable bonds is 2. The summed E-state index contributed by atoms with van der Waals surface area (Å²) in [6.45, 7) is -1.11. The minimum absolute atomic E-state index is 0.0561. The quantitative estimate of drug-likeness (QED) is 0.658. The number of benzene rings is 1. The highest BCUT2D eigenvalue weighted by molar-refractivity contribution is 7.80. The number of nitrogens with two attached hydrogens (primary N) is 1. The van der Waals surface area contributed by atoms with Crippen molar-refractivity contribution in [3.8, 4) is 0 Å². The molecule has 88 valence electrons. The Kier molecular flexibility index (Phi) is 3.75. The lowest BCUT2D eigenvalue weighted by molar-refractivity contribution is -0.137. The molecule has 0 heterocycles. The predicted octanol–water partition coefficient (Wildman–Crippen LogP) is 3.46. The minimum Gasteiger partial charge on any atom is -0.389 e. The molecule has 0 radical (unpaired) electrons. The monoisotopic (exact) mass is 271 g/mol. The molecule has 2 N–H and O–H groups in total. The Hall–Kier alpha value is -0.880. The maximum atomic E-state index is 12.5. The van der Waals surface area contributed by atoms with Crippen molar-refractivity contribution in [2.45, 2.75) is 12.9 Å². The van der Waals surface area contributed by atoms with E-state index in [1.807, 2.05) is 0 Å². The Morgan fingerprint density at radius 1 is 1.38 bits per heavy atom. The first-order valence-electron chi connectivity index (χ1n) is 4.02. The number of alkyl halides is 4. The van der Waals surface area contributed by atoms with Gasteiger partial charge in [0.1, 0.15) is 11.7 Å². The van der Waals surface area contributed by atoms with Crippen molar-refractivity contribution >= 4 is 28.8 Å². The molecular weight excluding hydrogens is 266 g/mol. The Morgan fingerprint density at radius 2 is 1.94 bits per heavy atom. The fraction of sp³-hybridized carbons (Fsp3) is 0.222. The number of hydrogen-bond donors (Lipinski definition) is 1. The highest BCUT2D eigenvalue weighted by Crippen LogP contribution is 2.37. The Balaban J connectivity index is 3.48. The first-order chi connectivity index (χ1) is 7.27. The van der Waals surface area contributed by atoms with Crippen LogP contribution in [0.15, 0.2) is 12.1 Å². The molecule has 16 heavy (non-hydrogen) atoms. The molecule has 7 heteroatoms. The first-order valence-corrected chi connectivity index (χ1v) is 4.81. The van der Waals surface area contributed by atoms with Crippen molar-refractivity contribution in [2.24, 2.45) is 5.73 Å². The van der Waals surface area contributed by atoms with Crippen molar-refractivity contribution in [1.82, 2.24) is 0 Å². The lowest BCUT2D eigenvalue weighted by Gasteiger charge is -2.13. The minimum atomic E-state index is -4.66. The number of halogens is 5. The van der Waals surface area contributed by atoms with Crippen LogP contribution < -0.4 is 5.73 Å². The van der Waals surface area contributed by atoms with Crippen LogP contribution in [0.1, 0.15) is 16.7 Å². The van der Waals surface area contributed by atoms with Gasteiger partial charge in [0.15, 0.2) is 0 Å². The van der Waals surface area contributed by atoms with Gasteiger partial charge in [-0.1, -0.05) is 23.8 Å². The van der Waals surface area contributed by atoms with Crippen molar-refractivity contribution in [3.05, 3.63) is 33.8 Å². The Morgan fingerprint density at radius 3 is 2.31 bits per heavy atom. The largest absolute Gasteiger partial charge is 0.417 e. The van der Waals surface area contributed by atoms with Gasteiger partial charge in [-0.3, -0.25) is 0 Å². The third-order valence-electron chi connectivity index (χ3n) is 1.88. The number of thiocarbonyl (C=S) groups is 1. The second-order valence-electron chi connectivity index (χ2n) is 2.99. The summed E-state index contributed by atoms with van der Waals surface area (Å²) in [6.07, 6.45) is -4.66. The van der Waals surface area contributed by atoms with Crippen molar-refractivity contribution in [3.63, 3.8) is 0 Å². The standard InChI is InChI=1S/C9H6ClF4NS/c10-7-5(3-11)1-4(8(15)16)2-6(7)9(12,13)14/h1-2H,3H2,(H2,15,16). The molecular formula is C9H6ClF4NS. The summed E-state index contributed by atoms with van der Waals surface area (Å²) >= 11 is 9.97. The van der Waals surface area contributed by atoms with Crippen molar-refractivity contribution in [2.75, 3.05) is 0 Å². The van der Waals surface area contributed by atoms with Gasteiger partial charge in [0, 0.05) is 11.1 Å². The zero-order valence-corrected chi connectivity index (χ0v) is 9.31. The average molecular weight is 272 g/mol. The van der Waals surface area contributed by atoms with Gasteiger partial charge in [-0.25, -0.2) is 4.39 Å². The molecule has 1 aromatic rings. The van der Waals surface area contributed by atoms with E-state index in [0.717, 1.165) is 6.07 Å². The van der Waals surface area contributed by atoms with Crippen LogP contribution >= 0.6 is 23.8 Å². The molecule has 1 rings (SSSR count). The highest BCUT2D eigenvalue weighted by atomic mass is 35.5. The zero-order chi connectivity index (χ0) is 12.5.